The zero-order chi connectivity index (χ0) is 42.3. The van der Waals surface area contributed by atoms with Gasteiger partial charge >= 0.3 is 0 Å². The molecule has 9 aromatic carbocycles. The Bertz CT molecular complexity index is 3090. The van der Waals surface area contributed by atoms with E-state index in [1.807, 2.05) is 48.5 Å². The van der Waals surface area contributed by atoms with E-state index >= 15 is 0 Å². The Balaban J connectivity index is 1.35. The molecule has 9 aromatic rings. The van der Waals surface area contributed by atoms with Crippen LogP contribution >= 0.6 is 0 Å². The minimum absolute atomic E-state index is 0.266. The lowest BCUT2D eigenvalue weighted by atomic mass is 9.49. The Hall–Kier alpha value is -6.78. The monoisotopic (exact) mass is 798 g/mol. The third kappa shape index (κ3) is 5.87. The SMILES string of the molecule is CC(C)(C)C1(C(C)(C)C)c2cc(N(c3ccccc3)c3ccc(F)cc3)c3ccccc3c2-c2c1c1ccc(N(c3ccccc3)c3ccc(F)cc3)cc1c1ccccc21. The Morgan fingerprint density at radius 3 is 1.33 bits per heavy atom. The van der Waals surface area contributed by atoms with Crippen molar-refractivity contribution in [3.8, 4) is 11.1 Å². The van der Waals surface area contributed by atoms with Crippen molar-refractivity contribution in [1.29, 1.82) is 0 Å². The Kier molecular flexibility index (Phi) is 8.92. The predicted molar refractivity (Wildman–Crippen MR) is 253 cm³/mol. The summed E-state index contributed by atoms with van der Waals surface area (Å²) in [6, 6.07) is 61.4. The molecular formula is C57H48F2N2. The molecule has 10 rings (SSSR count). The number of rotatable bonds is 6. The van der Waals surface area contributed by atoms with Crippen LogP contribution in [0.15, 0.2) is 182 Å². The fourth-order valence-corrected chi connectivity index (χ4v) is 11.1. The standard InChI is InChI=1S/C57H48F2N2/c1-55(2,3)57(56(4,5)6)50-36-51(61(40-19-11-8-12-20-40)42-31-27-38(59)28-32-42)45-22-14-16-24-47(45)52(50)53-46-23-15-13-21-44(46)49-35-43(33-34-48(49)54(53)57)60(39-17-9-7-10-18-39)41-29-25-37(58)26-30-41/h7-36H,1-6H3. The average molecular weight is 799 g/mol. The van der Waals surface area contributed by atoms with E-state index in [9.17, 15) is 8.78 Å². The highest BCUT2D eigenvalue weighted by Gasteiger charge is 2.59. The van der Waals surface area contributed by atoms with Crippen molar-refractivity contribution in [2.45, 2.75) is 47.0 Å². The van der Waals surface area contributed by atoms with E-state index in [4.69, 9.17) is 0 Å². The molecule has 0 aromatic heterocycles. The number of hydrogen-bond acceptors (Lipinski definition) is 2. The largest absolute Gasteiger partial charge is 0.310 e. The molecule has 0 spiro atoms. The highest BCUT2D eigenvalue weighted by atomic mass is 19.1. The smallest absolute Gasteiger partial charge is 0.123 e. The van der Waals surface area contributed by atoms with Gasteiger partial charge in [0, 0.05) is 39.2 Å². The van der Waals surface area contributed by atoms with Gasteiger partial charge in [-0.3, -0.25) is 0 Å². The van der Waals surface area contributed by atoms with Crippen molar-refractivity contribution in [2.75, 3.05) is 9.80 Å². The molecule has 0 aliphatic heterocycles. The van der Waals surface area contributed by atoms with Crippen LogP contribution in [0.3, 0.4) is 0 Å². The highest BCUT2D eigenvalue weighted by Crippen LogP contribution is 2.69. The fraction of sp³-hybridized carbons (Fsp3) is 0.158. The molecule has 300 valence electrons. The van der Waals surface area contributed by atoms with Crippen LogP contribution in [0.25, 0.3) is 43.4 Å². The summed E-state index contributed by atoms with van der Waals surface area (Å²) in [7, 11) is 0. The maximum absolute atomic E-state index is 14.6. The van der Waals surface area contributed by atoms with Crippen LogP contribution in [-0.2, 0) is 5.41 Å². The number of para-hydroxylation sites is 2. The molecule has 0 fully saturated rings. The molecule has 4 heteroatoms. The summed E-state index contributed by atoms with van der Waals surface area (Å²) in [5.41, 5.74) is 9.92. The number of anilines is 6. The van der Waals surface area contributed by atoms with E-state index in [1.165, 1.54) is 61.3 Å². The van der Waals surface area contributed by atoms with E-state index < -0.39 is 5.41 Å². The molecule has 0 bridgehead atoms. The van der Waals surface area contributed by atoms with Gasteiger partial charge in [0.25, 0.3) is 0 Å². The van der Waals surface area contributed by atoms with Crippen LogP contribution in [0, 0.1) is 22.5 Å². The third-order valence-electron chi connectivity index (χ3n) is 13.0. The topological polar surface area (TPSA) is 6.48 Å². The second kappa shape index (κ2) is 14.2. The maximum atomic E-state index is 14.6. The van der Waals surface area contributed by atoms with E-state index in [2.05, 4.69) is 161 Å². The molecule has 0 heterocycles. The first-order valence-corrected chi connectivity index (χ1v) is 21.2. The minimum atomic E-state index is -0.505. The molecule has 0 atom stereocenters. The van der Waals surface area contributed by atoms with Crippen LogP contribution < -0.4 is 9.80 Å². The molecule has 1 aliphatic carbocycles. The normalized spacial score (nSPS) is 13.4. The fourth-order valence-electron chi connectivity index (χ4n) is 11.1. The Morgan fingerprint density at radius 1 is 0.361 bits per heavy atom. The van der Waals surface area contributed by atoms with Crippen LogP contribution in [0.1, 0.15) is 52.7 Å². The maximum Gasteiger partial charge on any atom is 0.123 e. The van der Waals surface area contributed by atoms with Gasteiger partial charge < -0.3 is 9.80 Å². The first-order valence-electron chi connectivity index (χ1n) is 21.2. The number of nitrogens with zero attached hydrogens (tertiary/aromatic N) is 2. The first kappa shape index (κ1) is 38.4. The van der Waals surface area contributed by atoms with Crippen molar-refractivity contribution in [3.63, 3.8) is 0 Å². The number of benzene rings is 9. The summed E-state index contributed by atoms with van der Waals surface area (Å²) in [6.45, 7) is 14.4. The molecule has 0 radical (unpaired) electrons. The first-order chi connectivity index (χ1) is 29.4. The Morgan fingerprint density at radius 2 is 0.787 bits per heavy atom. The van der Waals surface area contributed by atoms with Gasteiger partial charge in [-0.25, -0.2) is 8.78 Å². The molecule has 0 saturated heterocycles. The second-order valence-electron chi connectivity index (χ2n) is 18.4. The molecule has 61 heavy (non-hydrogen) atoms. The molecule has 0 unspecified atom stereocenters. The van der Waals surface area contributed by atoms with E-state index in [0.717, 1.165) is 39.5 Å². The summed E-state index contributed by atoms with van der Waals surface area (Å²) in [4.78, 5) is 4.50. The van der Waals surface area contributed by atoms with E-state index in [-0.39, 0.29) is 22.5 Å². The van der Waals surface area contributed by atoms with Gasteiger partial charge in [-0.1, -0.05) is 133 Å². The van der Waals surface area contributed by atoms with Crippen LogP contribution in [0.2, 0.25) is 0 Å². The van der Waals surface area contributed by atoms with Gasteiger partial charge in [-0.2, -0.15) is 0 Å². The summed E-state index contributed by atoms with van der Waals surface area (Å²) < 4.78 is 28.9. The van der Waals surface area contributed by atoms with Crippen LogP contribution in [0.4, 0.5) is 42.9 Å². The van der Waals surface area contributed by atoms with E-state index in [1.54, 1.807) is 12.1 Å². The van der Waals surface area contributed by atoms with Crippen molar-refractivity contribution in [1.82, 2.24) is 0 Å². The average Bonchev–Trinajstić information content (AvgIpc) is 3.60. The zero-order valence-corrected chi connectivity index (χ0v) is 35.5. The number of hydrogen-bond donors (Lipinski definition) is 0. The van der Waals surface area contributed by atoms with Crippen molar-refractivity contribution in [3.05, 3.63) is 205 Å². The zero-order valence-electron chi connectivity index (χ0n) is 35.5. The molecule has 1 aliphatic rings. The van der Waals surface area contributed by atoms with Gasteiger partial charge in [0.15, 0.2) is 0 Å². The lowest BCUT2D eigenvalue weighted by Crippen LogP contribution is -2.50. The minimum Gasteiger partial charge on any atom is -0.310 e. The third-order valence-corrected chi connectivity index (χ3v) is 13.0. The number of halogens is 2. The molecule has 0 saturated carbocycles. The van der Waals surface area contributed by atoms with Crippen LogP contribution in [0.5, 0.6) is 0 Å². The second-order valence-corrected chi connectivity index (χ2v) is 18.4. The summed E-state index contributed by atoms with van der Waals surface area (Å²) >= 11 is 0. The van der Waals surface area contributed by atoms with Crippen molar-refractivity contribution < 1.29 is 8.78 Å². The lowest BCUT2D eigenvalue weighted by molar-refractivity contribution is 0.0965. The summed E-state index contributed by atoms with van der Waals surface area (Å²) in [6.07, 6.45) is 0. The van der Waals surface area contributed by atoms with Gasteiger partial charge in [0.05, 0.1) is 5.69 Å². The van der Waals surface area contributed by atoms with Gasteiger partial charge in [0.1, 0.15) is 11.6 Å². The van der Waals surface area contributed by atoms with Gasteiger partial charge in [-0.05, 0) is 151 Å². The van der Waals surface area contributed by atoms with Gasteiger partial charge in [-0.15, -0.1) is 0 Å². The molecule has 0 N–H and O–H groups in total. The molecule has 2 nitrogen and oxygen atoms in total. The predicted octanol–water partition coefficient (Wildman–Crippen LogP) is 16.7. The van der Waals surface area contributed by atoms with Crippen molar-refractivity contribution in [2.24, 2.45) is 10.8 Å². The summed E-state index contributed by atoms with van der Waals surface area (Å²) in [5.74, 6) is -0.533. The molecular weight excluding hydrogens is 751 g/mol. The lowest BCUT2D eigenvalue weighted by Gasteiger charge is -2.53. The number of fused-ring (bicyclic) bond motifs is 10. The quantitative estimate of drug-likeness (QED) is 0.155. The molecule has 0 amide bonds. The van der Waals surface area contributed by atoms with Crippen LogP contribution in [-0.4, -0.2) is 0 Å². The van der Waals surface area contributed by atoms with Crippen molar-refractivity contribution >= 4 is 66.4 Å². The van der Waals surface area contributed by atoms with Gasteiger partial charge in [0.2, 0.25) is 0 Å². The summed E-state index contributed by atoms with van der Waals surface area (Å²) in [5, 5.41) is 7.08. The van der Waals surface area contributed by atoms with E-state index in [0.29, 0.717) is 0 Å². The Labute approximate surface area is 357 Å². The highest BCUT2D eigenvalue weighted by molar-refractivity contribution is 6.23.